The molecule has 1 amide bonds. The average Bonchev–Trinajstić information content (AvgIpc) is 2.27. The molecular weight excluding hydrogens is 192 g/mol. The van der Waals surface area contributed by atoms with Crippen LogP contribution in [0.3, 0.4) is 0 Å². The Labute approximate surface area is 91.8 Å². The van der Waals surface area contributed by atoms with Crippen molar-refractivity contribution in [3.05, 3.63) is 0 Å². The highest BCUT2D eigenvalue weighted by Gasteiger charge is 2.16. The first-order chi connectivity index (χ1) is 7.24. The number of hydrogen-bond donors (Lipinski definition) is 1. The van der Waals surface area contributed by atoms with Gasteiger partial charge in [-0.2, -0.15) is 0 Å². The van der Waals surface area contributed by atoms with Gasteiger partial charge in [0.05, 0.1) is 13.2 Å². The maximum atomic E-state index is 11.7. The van der Waals surface area contributed by atoms with E-state index < -0.39 is 0 Å². The van der Waals surface area contributed by atoms with Gasteiger partial charge in [0.25, 0.3) is 0 Å². The SMILES string of the molecule is CC(CCN)CCC(=O)N1CCOCC1. The molecule has 0 aliphatic carbocycles. The van der Waals surface area contributed by atoms with E-state index in [4.69, 9.17) is 10.5 Å². The molecule has 0 aromatic carbocycles. The highest BCUT2D eigenvalue weighted by atomic mass is 16.5. The molecule has 2 N–H and O–H groups in total. The molecule has 0 aromatic rings. The van der Waals surface area contributed by atoms with Crippen LogP contribution in [0.1, 0.15) is 26.2 Å². The van der Waals surface area contributed by atoms with Gasteiger partial charge in [-0.25, -0.2) is 0 Å². The average molecular weight is 214 g/mol. The Kier molecular flexibility index (Phi) is 5.65. The molecule has 1 aliphatic heterocycles. The number of hydrogen-bond acceptors (Lipinski definition) is 3. The molecule has 0 saturated carbocycles. The summed E-state index contributed by atoms with van der Waals surface area (Å²) < 4.78 is 5.20. The fourth-order valence-electron chi connectivity index (χ4n) is 1.77. The van der Waals surface area contributed by atoms with Crippen LogP contribution in [-0.2, 0) is 9.53 Å². The van der Waals surface area contributed by atoms with Crippen LogP contribution in [0.25, 0.3) is 0 Å². The number of carbonyl (C=O) groups excluding carboxylic acids is 1. The van der Waals surface area contributed by atoms with Gasteiger partial charge in [0, 0.05) is 19.5 Å². The molecule has 1 aliphatic rings. The Morgan fingerprint density at radius 2 is 2.07 bits per heavy atom. The second-order valence-corrected chi connectivity index (χ2v) is 4.21. The van der Waals surface area contributed by atoms with Crippen molar-refractivity contribution in [3.63, 3.8) is 0 Å². The fraction of sp³-hybridized carbons (Fsp3) is 0.909. The first kappa shape index (κ1) is 12.5. The third-order valence-corrected chi connectivity index (χ3v) is 2.87. The van der Waals surface area contributed by atoms with E-state index in [1.807, 2.05) is 4.90 Å². The van der Waals surface area contributed by atoms with Crippen LogP contribution in [-0.4, -0.2) is 43.7 Å². The predicted octanol–water partition coefficient (Wildman–Crippen LogP) is 0.610. The number of ether oxygens (including phenoxy) is 1. The normalized spacial score (nSPS) is 18.9. The molecule has 1 atom stereocenters. The molecule has 4 nitrogen and oxygen atoms in total. The smallest absolute Gasteiger partial charge is 0.222 e. The topological polar surface area (TPSA) is 55.6 Å². The van der Waals surface area contributed by atoms with Crippen LogP contribution in [0.2, 0.25) is 0 Å². The second kappa shape index (κ2) is 6.80. The van der Waals surface area contributed by atoms with Gasteiger partial charge in [0.15, 0.2) is 0 Å². The summed E-state index contributed by atoms with van der Waals surface area (Å²) in [6.07, 6.45) is 2.62. The van der Waals surface area contributed by atoms with Crippen molar-refractivity contribution < 1.29 is 9.53 Å². The Balaban J connectivity index is 2.16. The van der Waals surface area contributed by atoms with Gasteiger partial charge in [-0.05, 0) is 25.3 Å². The number of morpholine rings is 1. The monoisotopic (exact) mass is 214 g/mol. The molecule has 0 bridgehead atoms. The minimum absolute atomic E-state index is 0.266. The highest BCUT2D eigenvalue weighted by molar-refractivity contribution is 5.76. The fourth-order valence-corrected chi connectivity index (χ4v) is 1.77. The summed E-state index contributed by atoms with van der Waals surface area (Å²) in [4.78, 5) is 13.6. The van der Waals surface area contributed by atoms with Gasteiger partial charge in [-0.3, -0.25) is 4.79 Å². The van der Waals surface area contributed by atoms with Gasteiger partial charge in [-0.1, -0.05) is 6.92 Å². The van der Waals surface area contributed by atoms with Crippen molar-refractivity contribution in [2.75, 3.05) is 32.8 Å². The van der Waals surface area contributed by atoms with E-state index in [9.17, 15) is 4.79 Å². The highest BCUT2D eigenvalue weighted by Crippen LogP contribution is 2.11. The zero-order valence-electron chi connectivity index (χ0n) is 9.58. The van der Waals surface area contributed by atoms with Crippen molar-refractivity contribution in [2.45, 2.75) is 26.2 Å². The molecule has 1 heterocycles. The Morgan fingerprint density at radius 1 is 1.40 bits per heavy atom. The van der Waals surface area contributed by atoms with Crippen molar-refractivity contribution in [3.8, 4) is 0 Å². The molecule has 1 rings (SSSR count). The molecular formula is C11H22N2O2. The van der Waals surface area contributed by atoms with Gasteiger partial charge >= 0.3 is 0 Å². The third kappa shape index (κ3) is 4.62. The predicted molar refractivity (Wildman–Crippen MR) is 59.5 cm³/mol. The van der Waals surface area contributed by atoms with E-state index in [2.05, 4.69) is 6.92 Å². The minimum Gasteiger partial charge on any atom is -0.378 e. The third-order valence-electron chi connectivity index (χ3n) is 2.87. The summed E-state index contributed by atoms with van der Waals surface area (Å²) in [5, 5.41) is 0. The summed E-state index contributed by atoms with van der Waals surface area (Å²) in [6.45, 7) is 5.74. The maximum Gasteiger partial charge on any atom is 0.222 e. The molecule has 1 fully saturated rings. The van der Waals surface area contributed by atoms with Crippen molar-refractivity contribution in [2.24, 2.45) is 11.7 Å². The zero-order valence-corrected chi connectivity index (χ0v) is 9.58. The number of nitrogens with zero attached hydrogens (tertiary/aromatic N) is 1. The van der Waals surface area contributed by atoms with E-state index in [0.29, 0.717) is 32.1 Å². The summed E-state index contributed by atoms with van der Waals surface area (Å²) in [7, 11) is 0. The molecule has 1 unspecified atom stereocenters. The standard InChI is InChI=1S/C11H22N2O2/c1-10(4-5-12)2-3-11(14)13-6-8-15-9-7-13/h10H,2-9,12H2,1H3. The summed E-state index contributed by atoms with van der Waals surface area (Å²) in [6, 6.07) is 0. The number of nitrogens with two attached hydrogens (primary N) is 1. The summed E-state index contributed by atoms with van der Waals surface area (Å²) in [5.41, 5.74) is 5.47. The molecule has 4 heteroatoms. The van der Waals surface area contributed by atoms with Crippen molar-refractivity contribution in [1.82, 2.24) is 4.90 Å². The number of rotatable bonds is 5. The van der Waals surface area contributed by atoms with Gasteiger partial charge in [-0.15, -0.1) is 0 Å². The Hall–Kier alpha value is -0.610. The van der Waals surface area contributed by atoms with Crippen LogP contribution in [0, 0.1) is 5.92 Å². The van der Waals surface area contributed by atoms with Crippen molar-refractivity contribution in [1.29, 1.82) is 0 Å². The molecule has 0 aromatic heterocycles. The molecule has 15 heavy (non-hydrogen) atoms. The first-order valence-electron chi connectivity index (χ1n) is 5.79. The van der Waals surface area contributed by atoms with E-state index in [-0.39, 0.29) is 5.91 Å². The van der Waals surface area contributed by atoms with E-state index in [1.54, 1.807) is 0 Å². The van der Waals surface area contributed by atoms with Crippen LogP contribution in [0.5, 0.6) is 0 Å². The molecule has 1 saturated heterocycles. The molecule has 88 valence electrons. The minimum atomic E-state index is 0.266. The lowest BCUT2D eigenvalue weighted by Gasteiger charge is -2.27. The van der Waals surface area contributed by atoms with E-state index >= 15 is 0 Å². The van der Waals surface area contributed by atoms with E-state index in [0.717, 1.165) is 25.9 Å². The van der Waals surface area contributed by atoms with Gasteiger partial charge in [0.2, 0.25) is 5.91 Å². The second-order valence-electron chi connectivity index (χ2n) is 4.21. The lowest BCUT2D eigenvalue weighted by molar-refractivity contribution is -0.135. The summed E-state index contributed by atoms with van der Waals surface area (Å²) in [5.74, 6) is 0.821. The lowest BCUT2D eigenvalue weighted by Crippen LogP contribution is -2.40. The van der Waals surface area contributed by atoms with Gasteiger partial charge < -0.3 is 15.4 Å². The summed E-state index contributed by atoms with van der Waals surface area (Å²) >= 11 is 0. The molecule has 0 radical (unpaired) electrons. The first-order valence-corrected chi connectivity index (χ1v) is 5.79. The Bertz CT molecular complexity index is 191. The number of carbonyl (C=O) groups is 1. The maximum absolute atomic E-state index is 11.7. The van der Waals surface area contributed by atoms with Crippen LogP contribution in [0.4, 0.5) is 0 Å². The lowest BCUT2D eigenvalue weighted by atomic mass is 10.0. The van der Waals surface area contributed by atoms with Gasteiger partial charge in [0.1, 0.15) is 0 Å². The van der Waals surface area contributed by atoms with E-state index in [1.165, 1.54) is 0 Å². The van der Waals surface area contributed by atoms with Crippen LogP contribution in [0.15, 0.2) is 0 Å². The van der Waals surface area contributed by atoms with Crippen molar-refractivity contribution >= 4 is 5.91 Å². The zero-order chi connectivity index (χ0) is 11.1. The quantitative estimate of drug-likeness (QED) is 0.729. The number of amides is 1. The van der Waals surface area contributed by atoms with Crippen LogP contribution < -0.4 is 5.73 Å². The largest absolute Gasteiger partial charge is 0.378 e. The Morgan fingerprint density at radius 3 is 2.67 bits per heavy atom. The molecule has 0 spiro atoms. The van der Waals surface area contributed by atoms with Crippen LogP contribution >= 0.6 is 0 Å².